The smallest absolute Gasteiger partial charge is 0.329 e. The van der Waals surface area contributed by atoms with Gasteiger partial charge in [-0.05, 0) is 18.2 Å². The SMILES string of the molecule is O=C(NNc1ccccc1)NC1C=CS(=O)(=O)C1. The van der Waals surface area contributed by atoms with Gasteiger partial charge in [-0.2, -0.15) is 0 Å². The van der Waals surface area contributed by atoms with Gasteiger partial charge in [-0.3, -0.25) is 10.9 Å². The molecule has 0 spiro atoms. The number of urea groups is 1. The van der Waals surface area contributed by atoms with Crippen molar-refractivity contribution in [1.29, 1.82) is 0 Å². The van der Waals surface area contributed by atoms with Crippen LogP contribution in [0.5, 0.6) is 0 Å². The molecule has 7 heteroatoms. The molecule has 1 heterocycles. The zero-order valence-electron chi connectivity index (χ0n) is 9.46. The summed E-state index contributed by atoms with van der Waals surface area (Å²) in [4.78, 5) is 11.5. The molecule has 2 rings (SSSR count). The van der Waals surface area contributed by atoms with Crippen LogP contribution in [0.1, 0.15) is 0 Å². The fourth-order valence-electron chi connectivity index (χ4n) is 1.52. The predicted molar refractivity (Wildman–Crippen MR) is 68.4 cm³/mol. The number of hydrazine groups is 1. The lowest BCUT2D eigenvalue weighted by Crippen LogP contribution is -2.44. The van der Waals surface area contributed by atoms with Crippen LogP contribution >= 0.6 is 0 Å². The highest BCUT2D eigenvalue weighted by atomic mass is 32.2. The fourth-order valence-corrected chi connectivity index (χ4v) is 2.76. The second kappa shape index (κ2) is 5.09. The van der Waals surface area contributed by atoms with Crippen LogP contribution in [0.2, 0.25) is 0 Å². The van der Waals surface area contributed by atoms with Gasteiger partial charge in [0, 0.05) is 5.41 Å². The Morgan fingerprint density at radius 2 is 1.94 bits per heavy atom. The molecule has 96 valence electrons. The van der Waals surface area contributed by atoms with Crippen molar-refractivity contribution in [1.82, 2.24) is 10.7 Å². The summed E-state index contributed by atoms with van der Waals surface area (Å²) < 4.78 is 22.3. The molecule has 6 nitrogen and oxygen atoms in total. The number of carbonyl (C=O) groups is 1. The number of para-hydroxylation sites is 1. The molecule has 18 heavy (non-hydrogen) atoms. The second-order valence-corrected chi connectivity index (χ2v) is 5.79. The van der Waals surface area contributed by atoms with Gasteiger partial charge in [0.05, 0.1) is 17.5 Å². The number of hydrogen-bond acceptors (Lipinski definition) is 4. The number of carbonyl (C=O) groups excluding carboxylic acids is 1. The maximum Gasteiger partial charge on any atom is 0.333 e. The number of nitrogens with one attached hydrogen (secondary N) is 3. The Hall–Kier alpha value is -2.02. The van der Waals surface area contributed by atoms with Gasteiger partial charge in [0.25, 0.3) is 0 Å². The van der Waals surface area contributed by atoms with E-state index in [-0.39, 0.29) is 5.75 Å². The summed E-state index contributed by atoms with van der Waals surface area (Å²) >= 11 is 0. The first-order valence-electron chi connectivity index (χ1n) is 5.34. The van der Waals surface area contributed by atoms with Gasteiger partial charge in [0.1, 0.15) is 0 Å². The molecule has 0 radical (unpaired) electrons. The number of anilines is 1. The second-order valence-electron chi connectivity index (χ2n) is 3.85. The normalized spacial score (nSPS) is 20.3. The first-order chi connectivity index (χ1) is 8.55. The molecule has 2 amide bonds. The van der Waals surface area contributed by atoms with Crippen LogP contribution in [-0.4, -0.2) is 26.2 Å². The summed E-state index contributed by atoms with van der Waals surface area (Å²) in [7, 11) is -3.15. The van der Waals surface area contributed by atoms with E-state index in [0.717, 1.165) is 11.1 Å². The number of rotatable bonds is 3. The van der Waals surface area contributed by atoms with Crippen molar-refractivity contribution in [2.24, 2.45) is 0 Å². The van der Waals surface area contributed by atoms with Gasteiger partial charge in [-0.15, -0.1) is 0 Å². The summed E-state index contributed by atoms with van der Waals surface area (Å²) in [6.45, 7) is 0. The minimum absolute atomic E-state index is 0.0915. The highest BCUT2D eigenvalue weighted by molar-refractivity contribution is 7.94. The van der Waals surface area contributed by atoms with Gasteiger partial charge in [-0.1, -0.05) is 18.2 Å². The minimum atomic E-state index is -3.15. The predicted octanol–water partition coefficient (Wildman–Crippen LogP) is 0.623. The van der Waals surface area contributed by atoms with E-state index in [9.17, 15) is 13.2 Å². The Kier molecular flexibility index (Phi) is 3.52. The van der Waals surface area contributed by atoms with Crippen molar-refractivity contribution in [2.75, 3.05) is 11.2 Å². The topological polar surface area (TPSA) is 87.3 Å². The molecule has 1 unspecified atom stereocenters. The van der Waals surface area contributed by atoms with Crippen molar-refractivity contribution in [3.63, 3.8) is 0 Å². The monoisotopic (exact) mass is 267 g/mol. The summed E-state index contributed by atoms with van der Waals surface area (Å²) in [5.74, 6) is -0.0915. The van der Waals surface area contributed by atoms with E-state index in [1.165, 1.54) is 6.08 Å². The molecule has 1 aliphatic rings. The first-order valence-corrected chi connectivity index (χ1v) is 7.05. The third-order valence-corrected chi connectivity index (χ3v) is 3.74. The van der Waals surface area contributed by atoms with E-state index in [4.69, 9.17) is 0 Å². The Morgan fingerprint density at radius 3 is 2.56 bits per heavy atom. The fraction of sp³-hybridized carbons (Fsp3) is 0.182. The van der Waals surface area contributed by atoms with Crippen molar-refractivity contribution < 1.29 is 13.2 Å². The lowest BCUT2D eigenvalue weighted by Gasteiger charge is -2.12. The highest BCUT2D eigenvalue weighted by Crippen LogP contribution is 2.07. The molecule has 0 fully saturated rings. The van der Waals surface area contributed by atoms with E-state index in [1.54, 1.807) is 12.1 Å². The van der Waals surface area contributed by atoms with Crippen LogP contribution in [0.25, 0.3) is 0 Å². The van der Waals surface area contributed by atoms with E-state index in [1.807, 2.05) is 18.2 Å². The number of sulfone groups is 1. The zero-order chi connectivity index (χ0) is 13.0. The zero-order valence-corrected chi connectivity index (χ0v) is 10.3. The molecule has 0 bridgehead atoms. The van der Waals surface area contributed by atoms with Crippen molar-refractivity contribution in [2.45, 2.75) is 6.04 Å². The van der Waals surface area contributed by atoms with Crippen LogP contribution in [0.4, 0.5) is 10.5 Å². The van der Waals surface area contributed by atoms with E-state index < -0.39 is 21.9 Å². The van der Waals surface area contributed by atoms with Crippen LogP contribution in [0.3, 0.4) is 0 Å². The quantitative estimate of drug-likeness (QED) is 0.701. The molecule has 0 aliphatic carbocycles. The average Bonchev–Trinajstić information content (AvgIpc) is 2.67. The first kappa shape index (κ1) is 12.4. The molecule has 0 saturated carbocycles. The van der Waals surface area contributed by atoms with Crippen molar-refractivity contribution >= 4 is 21.6 Å². The van der Waals surface area contributed by atoms with E-state index >= 15 is 0 Å². The number of hydrogen-bond donors (Lipinski definition) is 3. The molecule has 0 aromatic heterocycles. The van der Waals surface area contributed by atoms with Crippen LogP contribution in [0.15, 0.2) is 41.8 Å². The molecule has 0 saturated heterocycles. The molecule has 3 N–H and O–H groups in total. The van der Waals surface area contributed by atoms with E-state index in [0.29, 0.717) is 0 Å². The Morgan fingerprint density at radius 1 is 1.22 bits per heavy atom. The van der Waals surface area contributed by atoms with Gasteiger partial charge >= 0.3 is 6.03 Å². The maximum atomic E-state index is 11.5. The average molecular weight is 267 g/mol. The third kappa shape index (κ3) is 3.49. The van der Waals surface area contributed by atoms with Crippen molar-refractivity contribution in [3.05, 3.63) is 41.8 Å². The molecule has 1 aromatic carbocycles. The van der Waals surface area contributed by atoms with Gasteiger partial charge in [0.15, 0.2) is 9.84 Å². The van der Waals surface area contributed by atoms with Gasteiger partial charge in [-0.25, -0.2) is 13.2 Å². The molecular formula is C11H13N3O3S. The maximum absolute atomic E-state index is 11.5. The lowest BCUT2D eigenvalue weighted by molar-refractivity contribution is 0.241. The molecule has 1 aromatic rings. The van der Waals surface area contributed by atoms with Crippen LogP contribution in [-0.2, 0) is 9.84 Å². The Bertz CT molecular complexity index is 554. The summed E-state index contributed by atoms with van der Waals surface area (Å²) in [6.07, 6.45) is 1.46. The molecule has 1 atom stereocenters. The third-order valence-electron chi connectivity index (χ3n) is 2.34. The van der Waals surface area contributed by atoms with E-state index in [2.05, 4.69) is 16.2 Å². The summed E-state index contributed by atoms with van der Waals surface area (Å²) in [5.41, 5.74) is 5.87. The lowest BCUT2D eigenvalue weighted by atomic mass is 10.3. The minimum Gasteiger partial charge on any atom is -0.329 e. The van der Waals surface area contributed by atoms with Gasteiger partial charge < -0.3 is 5.32 Å². The largest absolute Gasteiger partial charge is 0.333 e. The summed E-state index contributed by atoms with van der Waals surface area (Å²) in [5, 5.41) is 3.64. The standard InChI is InChI=1S/C11H13N3O3S/c15-11(12-10-6-7-18(16,17)8-10)14-13-9-4-2-1-3-5-9/h1-7,10,13H,8H2,(H2,12,14,15). The highest BCUT2D eigenvalue weighted by Gasteiger charge is 2.22. The van der Waals surface area contributed by atoms with Crippen molar-refractivity contribution in [3.8, 4) is 0 Å². The molecular weight excluding hydrogens is 254 g/mol. The number of amides is 2. The Labute approximate surface area is 105 Å². The molecule has 1 aliphatic heterocycles. The Balaban J connectivity index is 1.79. The summed E-state index contributed by atoms with van der Waals surface area (Å²) in [6, 6.07) is 8.14. The van der Waals surface area contributed by atoms with Gasteiger partial charge in [0.2, 0.25) is 0 Å². The van der Waals surface area contributed by atoms with Crippen LogP contribution < -0.4 is 16.2 Å². The number of benzene rings is 1. The van der Waals surface area contributed by atoms with Crippen LogP contribution in [0, 0.1) is 0 Å².